The molecule has 0 saturated heterocycles. The minimum absolute atomic E-state index is 0.226. The molecule has 0 saturated carbocycles. The third kappa shape index (κ3) is 3.08. The van der Waals surface area contributed by atoms with Crippen LogP contribution >= 0.6 is 0 Å². The van der Waals surface area contributed by atoms with E-state index < -0.39 is 11.7 Å². The van der Waals surface area contributed by atoms with Gasteiger partial charge in [0, 0.05) is 5.41 Å². The third-order valence-corrected chi connectivity index (χ3v) is 2.89. The number of benzene rings is 1. The SMILES string of the molecule is CC(C)(C)C1=NC(c2cccc(C(F)(F)F)c2)CO1. The van der Waals surface area contributed by atoms with Gasteiger partial charge in [0.2, 0.25) is 0 Å². The van der Waals surface area contributed by atoms with E-state index in [0.717, 1.165) is 12.1 Å². The maximum atomic E-state index is 12.7. The molecule has 0 spiro atoms. The summed E-state index contributed by atoms with van der Waals surface area (Å²) in [7, 11) is 0. The van der Waals surface area contributed by atoms with Crippen LogP contribution in [0, 0.1) is 5.41 Å². The van der Waals surface area contributed by atoms with Gasteiger partial charge in [-0.1, -0.05) is 32.9 Å². The summed E-state index contributed by atoms with van der Waals surface area (Å²) in [5.74, 6) is 0.593. The van der Waals surface area contributed by atoms with Crippen molar-refractivity contribution in [2.24, 2.45) is 10.4 Å². The molecular formula is C14H16F3NO. The Morgan fingerprint density at radius 1 is 1.21 bits per heavy atom. The average molecular weight is 271 g/mol. The van der Waals surface area contributed by atoms with E-state index >= 15 is 0 Å². The van der Waals surface area contributed by atoms with Crippen LogP contribution in [0.4, 0.5) is 13.2 Å². The molecule has 2 nitrogen and oxygen atoms in total. The normalized spacial score (nSPS) is 20.1. The summed E-state index contributed by atoms with van der Waals surface area (Å²) >= 11 is 0. The van der Waals surface area contributed by atoms with Crippen molar-refractivity contribution in [3.63, 3.8) is 0 Å². The summed E-state index contributed by atoms with van der Waals surface area (Å²) in [6.45, 7) is 6.18. The van der Waals surface area contributed by atoms with Crippen LogP contribution in [0.1, 0.15) is 37.9 Å². The van der Waals surface area contributed by atoms with Crippen LogP contribution in [-0.4, -0.2) is 12.5 Å². The standard InChI is InChI=1S/C14H16F3NO/c1-13(2,3)12-18-11(8-19-12)9-5-4-6-10(7-9)14(15,16)17/h4-7,11H,8H2,1-3H3. The van der Waals surface area contributed by atoms with Gasteiger partial charge >= 0.3 is 6.18 Å². The lowest BCUT2D eigenvalue weighted by Gasteiger charge is -2.16. The molecule has 104 valence electrons. The Bertz CT molecular complexity index is 500. The van der Waals surface area contributed by atoms with Gasteiger partial charge in [0.15, 0.2) is 5.90 Å². The molecule has 1 unspecified atom stereocenters. The molecule has 0 radical (unpaired) electrons. The molecule has 1 aliphatic rings. The van der Waals surface area contributed by atoms with Crippen molar-refractivity contribution < 1.29 is 17.9 Å². The molecule has 0 N–H and O–H groups in total. The molecule has 2 rings (SSSR count). The number of hydrogen-bond donors (Lipinski definition) is 0. The van der Waals surface area contributed by atoms with Crippen molar-refractivity contribution in [2.75, 3.05) is 6.61 Å². The van der Waals surface area contributed by atoms with Crippen LogP contribution in [0.15, 0.2) is 29.3 Å². The van der Waals surface area contributed by atoms with E-state index in [1.807, 2.05) is 20.8 Å². The average Bonchev–Trinajstić information content (AvgIpc) is 2.77. The highest BCUT2D eigenvalue weighted by Gasteiger charge is 2.33. The number of alkyl halides is 3. The molecule has 1 aromatic rings. The van der Waals surface area contributed by atoms with Crippen LogP contribution in [0.3, 0.4) is 0 Å². The van der Waals surface area contributed by atoms with Gasteiger partial charge in [0.25, 0.3) is 0 Å². The van der Waals surface area contributed by atoms with Crippen LogP contribution in [0.25, 0.3) is 0 Å². The second kappa shape index (κ2) is 4.54. The first-order valence-corrected chi connectivity index (χ1v) is 6.06. The lowest BCUT2D eigenvalue weighted by molar-refractivity contribution is -0.137. The summed E-state index contributed by atoms with van der Waals surface area (Å²) in [6, 6.07) is 4.91. The molecule has 1 aliphatic heterocycles. The summed E-state index contributed by atoms with van der Waals surface area (Å²) in [5, 5.41) is 0. The monoisotopic (exact) mass is 271 g/mol. The van der Waals surface area contributed by atoms with Crippen molar-refractivity contribution in [3.8, 4) is 0 Å². The molecule has 0 amide bonds. The molecule has 5 heteroatoms. The number of rotatable bonds is 1. The minimum Gasteiger partial charge on any atom is -0.478 e. The molecule has 0 aromatic heterocycles. The van der Waals surface area contributed by atoms with E-state index in [0.29, 0.717) is 18.1 Å². The Kier molecular flexibility index (Phi) is 3.32. The summed E-state index contributed by atoms with van der Waals surface area (Å²) < 4.78 is 43.4. The fourth-order valence-electron chi connectivity index (χ4n) is 1.88. The maximum absolute atomic E-state index is 12.7. The predicted molar refractivity (Wildman–Crippen MR) is 67.0 cm³/mol. The highest BCUT2D eigenvalue weighted by Crippen LogP contribution is 2.34. The lowest BCUT2D eigenvalue weighted by atomic mass is 9.97. The zero-order chi connectivity index (χ0) is 14.3. The minimum atomic E-state index is -4.33. The van der Waals surface area contributed by atoms with Crippen molar-refractivity contribution in [2.45, 2.75) is 33.0 Å². The summed E-state index contributed by atoms with van der Waals surface area (Å²) in [4.78, 5) is 4.38. The van der Waals surface area contributed by atoms with Gasteiger partial charge < -0.3 is 4.74 Å². The molecule has 0 aliphatic carbocycles. The second-order valence-corrected chi connectivity index (χ2v) is 5.63. The molecule has 19 heavy (non-hydrogen) atoms. The zero-order valence-electron chi connectivity index (χ0n) is 11.1. The Labute approximate surface area is 110 Å². The van der Waals surface area contributed by atoms with Gasteiger partial charge in [0.05, 0.1) is 5.56 Å². The lowest BCUT2D eigenvalue weighted by Crippen LogP contribution is -2.20. The van der Waals surface area contributed by atoms with Crippen LogP contribution in [0.5, 0.6) is 0 Å². The predicted octanol–water partition coefficient (Wildman–Crippen LogP) is 4.22. The van der Waals surface area contributed by atoms with Gasteiger partial charge in [-0.05, 0) is 17.7 Å². The molecule has 1 atom stereocenters. The number of nitrogens with zero attached hydrogens (tertiary/aromatic N) is 1. The second-order valence-electron chi connectivity index (χ2n) is 5.63. The Hall–Kier alpha value is -1.52. The largest absolute Gasteiger partial charge is 0.478 e. The number of halogens is 3. The van der Waals surface area contributed by atoms with Gasteiger partial charge in [0.1, 0.15) is 12.6 Å². The van der Waals surface area contributed by atoms with Gasteiger partial charge in [-0.2, -0.15) is 13.2 Å². The van der Waals surface area contributed by atoms with Crippen molar-refractivity contribution in [1.82, 2.24) is 0 Å². The highest BCUT2D eigenvalue weighted by molar-refractivity contribution is 5.83. The van der Waals surface area contributed by atoms with E-state index in [-0.39, 0.29) is 11.5 Å². The summed E-state index contributed by atoms with van der Waals surface area (Å²) in [5.41, 5.74) is -0.338. The zero-order valence-corrected chi connectivity index (χ0v) is 11.1. The molecule has 1 heterocycles. The van der Waals surface area contributed by atoms with Crippen molar-refractivity contribution >= 4 is 5.90 Å². The van der Waals surface area contributed by atoms with Gasteiger partial charge in [-0.3, -0.25) is 0 Å². The van der Waals surface area contributed by atoms with E-state index in [9.17, 15) is 13.2 Å². The first-order chi connectivity index (χ1) is 8.68. The first-order valence-electron chi connectivity index (χ1n) is 6.06. The van der Waals surface area contributed by atoms with E-state index in [1.54, 1.807) is 6.07 Å². The Morgan fingerprint density at radius 3 is 2.42 bits per heavy atom. The van der Waals surface area contributed by atoms with Crippen LogP contribution < -0.4 is 0 Å². The fourth-order valence-corrected chi connectivity index (χ4v) is 1.88. The van der Waals surface area contributed by atoms with E-state index in [1.165, 1.54) is 6.07 Å². The van der Waals surface area contributed by atoms with E-state index in [2.05, 4.69) is 4.99 Å². The molecule has 0 fully saturated rings. The van der Waals surface area contributed by atoms with Gasteiger partial charge in [-0.15, -0.1) is 0 Å². The topological polar surface area (TPSA) is 21.6 Å². The number of hydrogen-bond acceptors (Lipinski definition) is 2. The molecular weight excluding hydrogens is 255 g/mol. The number of aliphatic imine (C=N–C) groups is 1. The fraction of sp³-hybridized carbons (Fsp3) is 0.500. The van der Waals surface area contributed by atoms with Crippen LogP contribution in [0.2, 0.25) is 0 Å². The van der Waals surface area contributed by atoms with Gasteiger partial charge in [-0.25, -0.2) is 4.99 Å². The maximum Gasteiger partial charge on any atom is 0.416 e. The van der Waals surface area contributed by atoms with E-state index in [4.69, 9.17) is 4.74 Å². The Morgan fingerprint density at radius 2 is 1.89 bits per heavy atom. The van der Waals surface area contributed by atoms with Crippen molar-refractivity contribution in [1.29, 1.82) is 0 Å². The smallest absolute Gasteiger partial charge is 0.416 e. The Balaban J connectivity index is 2.28. The number of ether oxygens (including phenoxy) is 1. The molecule has 0 bridgehead atoms. The summed E-state index contributed by atoms with van der Waals surface area (Å²) in [6.07, 6.45) is -4.33. The first kappa shape index (κ1) is 13.9. The highest BCUT2D eigenvalue weighted by atomic mass is 19.4. The van der Waals surface area contributed by atoms with Crippen molar-refractivity contribution in [3.05, 3.63) is 35.4 Å². The third-order valence-electron chi connectivity index (χ3n) is 2.89. The quantitative estimate of drug-likeness (QED) is 0.749. The van der Waals surface area contributed by atoms with Crippen LogP contribution in [-0.2, 0) is 10.9 Å². The molecule has 1 aromatic carbocycles.